The van der Waals surface area contributed by atoms with Crippen molar-refractivity contribution in [3.63, 3.8) is 0 Å². The number of thioether (sulfide) groups is 1. The van der Waals surface area contributed by atoms with Gasteiger partial charge in [0.25, 0.3) is 0 Å². The highest BCUT2D eigenvalue weighted by molar-refractivity contribution is 7.99. The molecule has 0 saturated carbocycles. The molecule has 0 N–H and O–H groups in total. The fourth-order valence-electron chi connectivity index (χ4n) is 3.14. The first-order valence-corrected chi connectivity index (χ1v) is 11.0. The molecule has 144 valence electrons. The van der Waals surface area contributed by atoms with E-state index in [0.717, 1.165) is 32.5 Å². The molecular formula is C18H21ClN4O2S2. The van der Waals surface area contributed by atoms with Crippen LogP contribution in [-0.2, 0) is 17.8 Å². The Morgan fingerprint density at radius 2 is 2.26 bits per heavy atom. The molecule has 0 atom stereocenters. The smallest absolute Gasteiger partial charge is 0.305 e. The molecule has 0 saturated heterocycles. The predicted molar refractivity (Wildman–Crippen MR) is 110 cm³/mol. The third-order valence-electron chi connectivity index (χ3n) is 4.36. The van der Waals surface area contributed by atoms with E-state index in [4.69, 9.17) is 26.1 Å². The highest BCUT2D eigenvalue weighted by Gasteiger charge is 2.31. The van der Waals surface area contributed by atoms with Gasteiger partial charge in [0.2, 0.25) is 0 Å². The highest BCUT2D eigenvalue weighted by atomic mass is 35.5. The van der Waals surface area contributed by atoms with Gasteiger partial charge in [-0.2, -0.15) is 4.98 Å². The van der Waals surface area contributed by atoms with E-state index < -0.39 is 0 Å². The number of nitrogens with zero attached hydrogens (tertiary/aromatic N) is 4. The number of hydrogen-bond acceptors (Lipinski definition) is 7. The lowest BCUT2D eigenvalue weighted by atomic mass is 9.94. The Morgan fingerprint density at radius 1 is 1.44 bits per heavy atom. The Balaban J connectivity index is 1.90. The van der Waals surface area contributed by atoms with Gasteiger partial charge in [-0.05, 0) is 33.3 Å². The molecule has 0 fully saturated rings. The summed E-state index contributed by atoms with van der Waals surface area (Å²) in [6, 6.07) is 0.526. The van der Waals surface area contributed by atoms with Crippen LogP contribution in [0.25, 0.3) is 15.9 Å². The van der Waals surface area contributed by atoms with E-state index in [2.05, 4.69) is 24.0 Å². The van der Waals surface area contributed by atoms with E-state index in [0.29, 0.717) is 25.0 Å². The van der Waals surface area contributed by atoms with Crippen LogP contribution in [0.2, 0.25) is 0 Å². The summed E-state index contributed by atoms with van der Waals surface area (Å²) in [5, 5.41) is 11.5. The molecule has 4 rings (SSSR count). The number of aromatic nitrogens is 4. The van der Waals surface area contributed by atoms with Gasteiger partial charge in [0, 0.05) is 22.1 Å². The zero-order valence-electron chi connectivity index (χ0n) is 15.7. The van der Waals surface area contributed by atoms with Gasteiger partial charge >= 0.3 is 6.01 Å². The summed E-state index contributed by atoms with van der Waals surface area (Å²) in [5.74, 6) is 0.711. The largest absolute Gasteiger partial charge is 0.465 e. The maximum atomic E-state index is 5.98. The predicted octanol–water partition coefficient (Wildman–Crippen LogP) is 4.82. The zero-order chi connectivity index (χ0) is 19.2. The summed E-state index contributed by atoms with van der Waals surface area (Å²) in [6.07, 6.45) is 2.78. The third kappa shape index (κ3) is 3.55. The van der Waals surface area contributed by atoms with Crippen LogP contribution >= 0.6 is 34.7 Å². The van der Waals surface area contributed by atoms with Crippen molar-refractivity contribution in [3.05, 3.63) is 21.5 Å². The van der Waals surface area contributed by atoms with Gasteiger partial charge in [0.1, 0.15) is 4.83 Å². The number of ether oxygens (including phenoxy) is 2. The summed E-state index contributed by atoms with van der Waals surface area (Å²) in [7, 11) is 0. The van der Waals surface area contributed by atoms with E-state index in [1.54, 1.807) is 23.1 Å². The first-order valence-electron chi connectivity index (χ1n) is 8.81. The topological polar surface area (TPSA) is 61.5 Å². The molecule has 3 aromatic rings. The van der Waals surface area contributed by atoms with Crippen molar-refractivity contribution in [3.8, 4) is 6.01 Å². The molecule has 9 heteroatoms. The molecule has 1 aliphatic heterocycles. The Morgan fingerprint density at radius 3 is 3.00 bits per heavy atom. The van der Waals surface area contributed by atoms with E-state index in [-0.39, 0.29) is 5.60 Å². The number of thiophene rings is 1. The van der Waals surface area contributed by atoms with E-state index in [1.165, 1.54) is 10.4 Å². The standard InChI is InChI=1S/C18H21ClN4O2S2/c1-5-24-16-20-15-13(11-8-18(3,4)25-9-12(11)27-15)14-21-22-17(23(14)16)26-7-6-10(2)19/h6H,5,7-9H2,1-4H3. The van der Waals surface area contributed by atoms with Gasteiger partial charge in [-0.3, -0.25) is 0 Å². The average molecular weight is 425 g/mol. The van der Waals surface area contributed by atoms with Crippen molar-refractivity contribution >= 4 is 50.6 Å². The third-order valence-corrected chi connectivity index (χ3v) is 6.47. The zero-order valence-corrected chi connectivity index (χ0v) is 18.1. The highest BCUT2D eigenvalue weighted by Crippen LogP contribution is 2.41. The quantitative estimate of drug-likeness (QED) is 0.547. The SMILES string of the molecule is CCOc1nc2sc3c(c2c2nnc(SCC=C(C)Cl)n12)CC(C)(C)OC3. The van der Waals surface area contributed by atoms with Gasteiger partial charge in [-0.1, -0.05) is 29.4 Å². The Labute approximate surface area is 170 Å². The number of fused-ring (bicyclic) bond motifs is 5. The molecule has 0 spiro atoms. The maximum Gasteiger partial charge on any atom is 0.305 e. The minimum Gasteiger partial charge on any atom is -0.465 e. The molecule has 0 aliphatic carbocycles. The molecular weight excluding hydrogens is 404 g/mol. The van der Waals surface area contributed by atoms with Crippen molar-refractivity contribution in [1.29, 1.82) is 0 Å². The van der Waals surface area contributed by atoms with Crippen LogP contribution < -0.4 is 4.74 Å². The van der Waals surface area contributed by atoms with Crippen molar-refractivity contribution in [2.24, 2.45) is 0 Å². The molecule has 0 unspecified atom stereocenters. The summed E-state index contributed by atoms with van der Waals surface area (Å²) in [5.41, 5.74) is 1.87. The van der Waals surface area contributed by atoms with Crippen molar-refractivity contribution < 1.29 is 9.47 Å². The lowest BCUT2D eigenvalue weighted by Crippen LogP contribution is -2.31. The normalized spacial score (nSPS) is 16.9. The number of halogens is 1. The summed E-state index contributed by atoms with van der Waals surface area (Å²) in [4.78, 5) is 6.93. The molecule has 3 aromatic heterocycles. The summed E-state index contributed by atoms with van der Waals surface area (Å²) >= 11 is 9.16. The molecule has 6 nitrogen and oxygen atoms in total. The lowest BCUT2D eigenvalue weighted by molar-refractivity contribution is -0.0379. The number of hydrogen-bond donors (Lipinski definition) is 0. The van der Waals surface area contributed by atoms with Crippen molar-refractivity contribution in [1.82, 2.24) is 19.6 Å². The second-order valence-corrected chi connectivity index (χ2v) is 9.65. The molecule has 4 heterocycles. The second-order valence-electron chi connectivity index (χ2n) is 6.98. The Kier molecular flexibility index (Phi) is 5.09. The molecule has 0 bridgehead atoms. The molecule has 0 amide bonds. The van der Waals surface area contributed by atoms with Crippen LogP contribution in [0.4, 0.5) is 0 Å². The lowest BCUT2D eigenvalue weighted by Gasteiger charge is -2.30. The van der Waals surface area contributed by atoms with Crippen LogP contribution in [0.3, 0.4) is 0 Å². The Hall–Kier alpha value is -1.35. The van der Waals surface area contributed by atoms with Gasteiger partial charge in [-0.25, -0.2) is 4.40 Å². The molecule has 0 radical (unpaired) electrons. The summed E-state index contributed by atoms with van der Waals surface area (Å²) in [6.45, 7) is 9.18. The monoisotopic (exact) mass is 424 g/mol. The van der Waals surface area contributed by atoms with Crippen LogP contribution in [0.15, 0.2) is 16.3 Å². The van der Waals surface area contributed by atoms with Gasteiger partial charge in [-0.15, -0.1) is 21.5 Å². The fourth-order valence-corrected chi connectivity index (χ4v) is 5.27. The molecule has 1 aliphatic rings. The van der Waals surface area contributed by atoms with E-state index in [1.807, 2.05) is 24.3 Å². The van der Waals surface area contributed by atoms with Gasteiger partial charge in [0.05, 0.1) is 24.2 Å². The summed E-state index contributed by atoms with van der Waals surface area (Å²) < 4.78 is 13.7. The van der Waals surface area contributed by atoms with E-state index in [9.17, 15) is 0 Å². The maximum absolute atomic E-state index is 5.98. The van der Waals surface area contributed by atoms with Crippen LogP contribution in [0.1, 0.15) is 38.1 Å². The van der Waals surface area contributed by atoms with Crippen LogP contribution in [0, 0.1) is 0 Å². The first-order chi connectivity index (χ1) is 12.9. The van der Waals surface area contributed by atoms with Crippen LogP contribution in [0.5, 0.6) is 6.01 Å². The van der Waals surface area contributed by atoms with Crippen molar-refractivity contribution in [2.75, 3.05) is 12.4 Å². The minimum absolute atomic E-state index is 0.198. The number of rotatable bonds is 5. The Bertz CT molecular complexity index is 1040. The van der Waals surface area contributed by atoms with Crippen LogP contribution in [-0.4, -0.2) is 37.5 Å². The van der Waals surface area contributed by atoms with Crippen molar-refractivity contribution in [2.45, 2.75) is 51.5 Å². The van der Waals surface area contributed by atoms with Gasteiger partial charge < -0.3 is 9.47 Å². The fraction of sp³-hybridized carbons (Fsp3) is 0.500. The molecule has 27 heavy (non-hydrogen) atoms. The minimum atomic E-state index is -0.198. The second kappa shape index (κ2) is 7.24. The van der Waals surface area contributed by atoms with E-state index >= 15 is 0 Å². The van der Waals surface area contributed by atoms with Gasteiger partial charge in [0.15, 0.2) is 10.8 Å². The number of allylic oxidation sites excluding steroid dienone is 1. The average Bonchev–Trinajstić information content (AvgIpc) is 3.15. The first kappa shape index (κ1) is 19.0. The molecule has 0 aromatic carbocycles.